The molecule has 2 amide bonds. The SMILES string of the molecule is CCOC(CN(C(=O)C(Cc1ccc(Cl)cc1)NC(=O)CCNS(=O)(=O)c1ccccc1F)C(C)C)OCC. The summed E-state index contributed by atoms with van der Waals surface area (Å²) in [7, 11) is -4.15. The zero-order valence-corrected chi connectivity index (χ0v) is 24.2. The molecule has 0 aliphatic rings. The maximum atomic E-state index is 13.9. The molecule has 216 valence electrons. The highest BCUT2D eigenvalue weighted by Gasteiger charge is 2.30. The zero-order chi connectivity index (χ0) is 29.0. The van der Waals surface area contributed by atoms with Crippen LogP contribution in [-0.2, 0) is 35.5 Å². The zero-order valence-electron chi connectivity index (χ0n) is 22.7. The van der Waals surface area contributed by atoms with Gasteiger partial charge in [0.2, 0.25) is 21.8 Å². The van der Waals surface area contributed by atoms with Crippen molar-refractivity contribution in [1.82, 2.24) is 14.9 Å². The fourth-order valence-electron chi connectivity index (χ4n) is 3.80. The van der Waals surface area contributed by atoms with Gasteiger partial charge in [-0.25, -0.2) is 17.5 Å². The minimum absolute atomic E-state index is 0.160. The van der Waals surface area contributed by atoms with E-state index in [9.17, 15) is 22.4 Å². The molecule has 1 unspecified atom stereocenters. The smallest absolute Gasteiger partial charge is 0.245 e. The normalized spacial score (nSPS) is 12.5. The first-order valence-corrected chi connectivity index (χ1v) is 14.7. The van der Waals surface area contributed by atoms with Crippen molar-refractivity contribution >= 4 is 33.4 Å². The molecule has 0 radical (unpaired) electrons. The molecule has 0 saturated carbocycles. The van der Waals surface area contributed by atoms with E-state index in [1.807, 2.05) is 27.7 Å². The average Bonchev–Trinajstić information content (AvgIpc) is 2.87. The van der Waals surface area contributed by atoms with E-state index in [1.54, 1.807) is 29.2 Å². The third kappa shape index (κ3) is 10.5. The van der Waals surface area contributed by atoms with Crippen LogP contribution in [0.3, 0.4) is 0 Å². The van der Waals surface area contributed by atoms with Gasteiger partial charge in [0, 0.05) is 43.7 Å². The Bertz CT molecular complexity index is 1170. The minimum atomic E-state index is -4.15. The monoisotopic (exact) mass is 585 g/mol. The number of hydrogen-bond donors (Lipinski definition) is 2. The van der Waals surface area contributed by atoms with E-state index < -0.39 is 39.0 Å². The maximum Gasteiger partial charge on any atom is 0.245 e. The van der Waals surface area contributed by atoms with Crippen molar-refractivity contribution in [2.45, 2.75) is 63.8 Å². The number of benzene rings is 2. The van der Waals surface area contributed by atoms with Gasteiger partial charge in [-0.05, 0) is 57.5 Å². The van der Waals surface area contributed by atoms with Crippen molar-refractivity contribution in [3.8, 4) is 0 Å². The summed E-state index contributed by atoms with van der Waals surface area (Å²) in [6, 6.07) is 10.7. The molecule has 0 heterocycles. The molecular weight excluding hydrogens is 549 g/mol. The summed E-state index contributed by atoms with van der Waals surface area (Å²) in [5.74, 6) is -1.78. The lowest BCUT2D eigenvalue weighted by molar-refractivity contribution is -0.163. The number of hydrogen-bond acceptors (Lipinski definition) is 6. The second-order valence-electron chi connectivity index (χ2n) is 8.95. The van der Waals surface area contributed by atoms with Crippen LogP contribution in [0.2, 0.25) is 5.02 Å². The van der Waals surface area contributed by atoms with Crippen LogP contribution in [0.5, 0.6) is 0 Å². The molecule has 9 nitrogen and oxygen atoms in total. The number of carbonyl (C=O) groups is 2. The summed E-state index contributed by atoms with van der Waals surface area (Å²) in [5.41, 5.74) is 0.771. The van der Waals surface area contributed by atoms with Crippen LogP contribution in [0.15, 0.2) is 53.4 Å². The molecule has 39 heavy (non-hydrogen) atoms. The first kappa shape index (κ1) is 32.6. The topological polar surface area (TPSA) is 114 Å². The summed E-state index contributed by atoms with van der Waals surface area (Å²) in [6.45, 7) is 8.05. The molecule has 0 saturated heterocycles. The van der Waals surface area contributed by atoms with Crippen molar-refractivity contribution in [3.63, 3.8) is 0 Å². The van der Waals surface area contributed by atoms with E-state index in [0.29, 0.717) is 18.2 Å². The molecule has 2 aromatic rings. The Morgan fingerprint density at radius 3 is 2.21 bits per heavy atom. The van der Waals surface area contributed by atoms with Gasteiger partial charge in [-0.3, -0.25) is 9.59 Å². The fourth-order valence-corrected chi connectivity index (χ4v) is 5.04. The molecule has 12 heteroatoms. The van der Waals surface area contributed by atoms with Gasteiger partial charge >= 0.3 is 0 Å². The minimum Gasteiger partial charge on any atom is -0.351 e. The summed E-state index contributed by atoms with van der Waals surface area (Å²) < 4.78 is 52.3. The Morgan fingerprint density at radius 2 is 1.64 bits per heavy atom. The number of amides is 2. The van der Waals surface area contributed by atoms with E-state index >= 15 is 0 Å². The van der Waals surface area contributed by atoms with Gasteiger partial charge in [-0.15, -0.1) is 0 Å². The van der Waals surface area contributed by atoms with Crippen molar-refractivity contribution < 1.29 is 31.9 Å². The van der Waals surface area contributed by atoms with Crippen molar-refractivity contribution in [2.75, 3.05) is 26.3 Å². The van der Waals surface area contributed by atoms with Gasteiger partial charge in [0.05, 0.1) is 6.54 Å². The molecule has 0 aliphatic carbocycles. The summed E-state index contributed by atoms with van der Waals surface area (Å²) in [5, 5.41) is 3.27. The maximum absolute atomic E-state index is 13.9. The lowest BCUT2D eigenvalue weighted by Crippen LogP contribution is -2.54. The summed E-state index contributed by atoms with van der Waals surface area (Å²) in [6.07, 6.45) is -0.717. The number of nitrogens with zero attached hydrogens (tertiary/aromatic N) is 1. The molecule has 0 aliphatic heterocycles. The van der Waals surface area contributed by atoms with E-state index in [4.69, 9.17) is 21.1 Å². The fraction of sp³-hybridized carbons (Fsp3) is 0.481. The van der Waals surface area contributed by atoms with Gasteiger partial charge in [0.1, 0.15) is 16.8 Å². The second kappa shape index (κ2) is 15.9. The predicted octanol–water partition coefficient (Wildman–Crippen LogP) is 3.51. The Balaban J connectivity index is 2.16. The van der Waals surface area contributed by atoms with E-state index in [1.165, 1.54) is 12.1 Å². The van der Waals surface area contributed by atoms with Crippen LogP contribution >= 0.6 is 11.6 Å². The van der Waals surface area contributed by atoms with Crippen LogP contribution in [0, 0.1) is 5.82 Å². The van der Waals surface area contributed by atoms with E-state index in [0.717, 1.165) is 17.7 Å². The molecule has 2 aromatic carbocycles. The molecule has 2 N–H and O–H groups in total. The number of carbonyl (C=O) groups excluding carboxylic acids is 2. The predicted molar refractivity (Wildman–Crippen MR) is 147 cm³/mol. The summed E-state index contributed by atoms with van der Waals surface area (Å²) in [4.78, 5) is 27.6. The third-order valence-electron chi connectivity index (χ3n) is 5.71. The second-order valence-corrected chi connectivity index (χ2v) is 11.1. The number of halogens is 2. The molecule has 0 spiro atoms. The van der Waals surface area contributed by atoms with Crippen molar-refractivity contribution in [2.24, 2.45) is 0 Å². The van der Waals surface area contributed by atoms with Crippen molar-refractivity contribution in [3.05, 3.63) is 64.9 Å². The Kier molecular flexibility index (Phi) is 13.3. The Labute approximate surface area is 235 Å². The lowest BCUT2D eigenvalue weighted by atomic mass is 10.0. The average molecular weight is 586 g/mol. The number of rotatable bonds is 16. The van der Waals surface area contributed by atoms with E-state index in [2.05, 4.69) is 10.0 Å². The van der Waals surface area contributed by atoms with Crippen LogP contribution in [0.1, 0.15) is 39.7 Å². The summed E-state index contributed by atoms with van der Waals surface area (Å²) >= 11 is 6.00. The van der Waals surface area contributed by atoms with Gasteiger partial charge in [0.15, 0.2) is 6.29 Å². The first-order chi connectivity index (χ1) is 18.5. The standard InChI is InChI=1S/C27H37ClFN3O6S/c1-5-37-26(38-6-2)18-32(19(3)4)27(34)23(17-20-11-13-21(28)14-12-20)31-25(33)15-16-30-39(35,36)24-10-8-7-9-22(24)29/h7-14,19,23,26,30H,5-6,15-18H2,1-4H3,(H,31,33). The molecular formula is C27H37ClFN3O6S. The number of nitrogens with one attached hydrogen (secondary N) is 2. The largest absolute Gasteiger partial charge is 0.351 e. The van der Waals surface area contributed by atoms with Crippen LogP contribution in [0.4, 0.5) is 4.39 Å². The molecule has 0 aromatic heterocycles. The molecule has 0 bridgehead atoms. The third-order valence-corrected chi connectivity index (χ3v) is 7.46. The van der Waals surface area contributed by atoms with Crippen LogP contribution in [-0.4, -0.2) is 69.8 Å². The highest BCUT2D eigenvalue weighted by molar-refractivity contribution is 7.89. The van der Waals surface area contributed by atoms with Crippen molar-refractivity contribution in [1.29, 1.82) is 0 Å². The van der Waals surface area contributed by atoms with E-state index in [-0.39, 0.29) is 37.9 Å². The van der Waals surface area contributed by atoms with Crippen LogP contribution in [0.25, 0.3) is 0 Å². The number of sulfonamides is 1. The number of ether oxygens (including phenoxy) is 2. The molecule has 1 atom stereocenters. The molecule has 2 rings (SSSR count). The Morgan fingerprint density at radius 1 is 1.03 bits per heavy atom. The highest BCUT2D eigenvalue weighted by atomic mass is 35.5. The Hall–Kier alpha value is -2.57. The highest BCUT2D eigenvalue weighted by Crippen LogP contribution is 2.15. The quantitative estimate of drug-likeness (QED) is 0.292. The van der Waals surface area contributed by atoms with Crippen LogP contribution < -0.4 is 10.0 Å². The molecule has 0 fully saturated rings. The van der Waals surface area contributed by atoms with Gasteiger partial charge in [-0.2, -0.15) is 0 Å². The first-order valence-electron chi connectivity index (χ1n) is 12.8. The lowest BCUT2D eigenvalue weighted by Gasteiger charge is -2.33. The van der Waals surface area contributed by atoms with Gasteiger partial charge in [0.25, 0.3) is 0 Å². The van der Waals surface area contributed by atoms with Gasteiger partial charge < -0.3 is 19.7 Å². The van der Waals surface area contributed by atoms with Gasteiger partial charge in [-0.1, -0.05) is 35.9 Å².